The van der Waals surface area contributed by atoms with Gasteiger partial charge in [0.2, 0.25) is 0 Å². The van der Waals surface area contributed by atoms with Gasteiger partial charge in [-0.1, -0.05) is 23.5 Å². The van der Waals surface area contributed by atoms with Gasteiger partial charge in [0, 0.05) is 19.1 Å². The number of furan rings is 1. The minimum absolute atomic E-state index is 0.00925. The fourth-order valence-corrected chi connectivity index (χ4v) is 4.25. The standard InChI is InChI=1S/C21H20N2O5S/c1-26-15-6-3-2-5-14(15)20(25)23-21-22-17(16-7-4-10-28-16)19(29-21)18(24)13-8-11-27-12-9-13/h2-7,10,13H,8-9,11-12H2,1H3,(H,22,23,25). The normalized spacial score (nSPS) is 14.5. The number of carbonyl (C=O) groups excluding carboxylic acids is 2. The average molecular weight is 412 g/mol. The fourth-order valence-electron chi connectivity index (χ4n) is 3.26. The number of anilines is 1. The second-order valence-electron chi connectivity index (χ2n) is 6.58. The van der Waals surface area contributed by atoms with E-state index in [1.165, 1.54) is 13.4 Å². The Bertz CT molecular complexity index is 1010. The monoisotopic (exact) mass is 412 g/mol. The van der Waals surface area contributed by atoms with Gasteiger partial charge in [0.25, 0.3) is 5.91 Å². The summed E-state index contributed by atoms with van der Waals surface area (Å²) >= 11 is 1.16. The van der Waals surface area contributed by atoms with E-state index >= 15 is 0 Å². The highest BCUT2D eigenvalue weighted by Gasteiger charge is 2.29. The first kappa shape index (κ1) is 19.4. The molecule has 7 nitrogen and oxygen atoms in total. The lowest BCUT2D eigenvalue weighted by Crippen LogP contribution is -2.23. The van der Waals surface area contributed by atoms with E-state index in [4.69, 9.17) is 13.9 Å². The summed E-state index contributed by atoms with van der Waals surface area (Å²) in [5.74, 6) is 0.499. The van der Waals surface area contributed by atoms with Crippen molar-refractivity contribution < 1.29 is 23.5 Å². The molecule has 1 saturated heterocycles. The van der Waals surface area contributed by atoms with Crippen LogP contribution in [0.25, 0.3) is 11.5 Å². The molecule has 3 heterocycles. The molecule has 0 aliphatic carbocycles. The van der Waals surface area contributed by atoms with Crippen LogP contribution in [0.15, 0.2) is 47.1 Å². The molecule has 4 rings (SSSR count). The molecule has 0 unspecified atom stereocenters. The lowest BCUT2D eigenvalue weighted by molar-refractivity contribution is 0.0547. The van der Waals surface area contributed by atoms with E-state index < -0.39 is 0 Å². The molecule has 1 aromatic carbocycles. The minimum atomic E-state index is -0.354. The Morgan fingerprint density at radius 2 is 1.97 bits per heavy atom. The number of para-hydroxylation sites is 1. The first-order valence-electron chi connectivity index (χ1n) is 9.28. The van der Waals surface area contributed by atoms with Gasteiger partial charge in [-0.2, -0.15) is 0 Å². The van der Waals surface area contributed by atoms with Gasteiger partial charge in [-0.05, 0) is 37.1 Å². The van der Waals surface area contributed by atoms with Gasteiger partial charge < -0.3 is 13.9 Å². The van der Waals surface area contributed by atoms with Crippen LogP contribution >= 0.6 is 11.3 Å². The zero-order chi connectivity index (χ0) is 20.2. The molecule has 1 amide bonds. The Kier molecular flexibility index (Phi) is 5.73. The quantitative estimate of drug-likeness (QED) is 0.608. The first-order chi connectivity index (χ1) is 14.2. The Balaban J connectivity index is 1.64. The Hall–Kier alpha value is -2.97. The van der Waals surface area contributed by atoms with Crippen molar-refractivity contribution in [1.29, 1.82) is 0 Å². The summed E-state index contributed by atoms with van der Waals surface area (Å²) in [6, 6.07) is 10.4. The molecule has 3 aromatic rings. The summed E-state index contributed by atoms with van der Waals surface area (Å²) in [6.45, 7) is 1.14. The van der Waals surface area contributed by atoms with Crippen LogP contribution in [-0.4, -0.2) is 37.0 Å². The maximum absolute atomic E-state index is 13.1. The Labute approximate surface area is 171 Å². The molecule has 1 aliphatic heterocycles. The second kappa shape index (κ2) is 8.59. The SMILES string of the molecule is COc1ccccc1C(=O)Nc1nc(-c2ccco2)c(C(=O)C2CCOCC2)s1. The lowest BCUT2D eigenvalue weighted by atomic mass is 9.94. The van der Waals surface area contributed by atoms with Gasteiger partial charge in [-0.3, -0.25) is 14.9 Å². The number of nitrogens with zero attached hydrogens (tertiary/aromatic N) is 1. The van der Waals surface area contributed by atoms with E-state index in [9.17, 15) is 9.59 Å². The van der Waals surface area contributed by atoms with Crippen LogP contribution in [0.4, 0.5) is 5.13 Å². The summed E-state index contributed by atoms with van der Waals surface area (Å²) in [7, 11) is 1.51. The van der Waals surface area contributed by atoms with Gasteiger partial charge in [0.15, 0.2) is 16.7 Å². The van der Waals surface area contributed by atoms with E-state index in [2.05, 4.69) is 10.3 Å². The molecule has 0 atom stereocenters. The third-order valence-electron chi connectivity index (χ3n) is 4.77. The Morgan fingerprint density at radius 3 is 2.69 bits per heavy atom. The van der Waals surface area contributed by atoms with Gasteiger partial charge in [0.1, 0.15) is 16.3 Å². The summed E-state index contributed by atoms with van der Waals surface area (Å²) in [5.41, 5.74) is 0.842. The predicted molar refractivity (Wildman–Crippen MR) is 109 cm³/mol. The molecular weight excluding hydrogens is 392 g/mol. The molecule has 8 heteroatoms. The third-order valence-corrected chi connectivity index (χ3v) is 5.76. The number of rotatable bonds is 6. The number of thiazole rings is 1. The van der Waals surface area contributed by atoms with Gasteiger partial charge in [-0.25, -0.2) is 4.98 Å². The molecule has 0 spiro atoms. The number of benzene rings is 1. The van der Waals surface area contributed by atoms with Crippen molar-refractivity contribution in [3.63, 3.8) is 0 Å². The Morgan fingerprint density at radius 1 is 1.17 bits per heavy atom. The van der Waals surface area contributed by atoms with Crippen LogP contribution in [0.1, 0.15) is 32.9 Å². The summed E-state index contributed by atoms with van der Waals surface area (Å²) in [5, 5.41) is 3.12. The van der Waals surface area contributed by atoms with Crippen LogP contribution in [0.2, 0.25) is 0 Å². The number of hydrogen-bond acceptors (Lipinski definition) is 7. The number of amides is 1. The van der Waals surface area contributed by atoms with Crippen molar-refractivity contribution in [2.75, 3.05) is 25.6 Å². The molecule has 2 aromatic heterocycles. The highest BCUT2D eigenvalue weighted by atomic mass is 32.1. The zero-order valence-corrected chi connectivity index (χ0v) is 16.7. The second-order valence-corrected chi connectivity index (χ2v) is 7.58. The summed E-state index contributed by atoms with van der Waals surface area (Å²) in [4.78, 5) is 30.8. The zero-order valence-electron chi connectivity index (χ0n) is 15.8. The number of nitrogens with one attached hydrogen (secondary N) is 1. The van der Waals surface area contributed by atoms with Gasteiger partial charge in [-0.15, -0.1) is 0 Å². The molecular formula is C21H20N2O5S. The minimum Gasteiger partial charge on any atom is -0.496 e. The number of hydrogen-bond donors (Lipinski definition) is 1. The van der Waals surface area contributed by atoms with Crippen LogP contribution in [0, 0.1) is 5.92 Å². The predicted octanol–water partition coefficient (Wildman–Crippen LogP) is 4.27. The van der Waals surface area contributed by atoms with E-state index in [0.717, 1.165) is 11.3 Å². The van der Waals surface area contributed by atoms with Crippen LogP contribution in [-0.2, 0) is 4.74 Å². The maximum Gasteiger partial charge on any atom is 0.261 e. The smallest absolute Gasteiger partial charge is 0.261 e. The number of Topliss-reactive ketones (excluding diaryl/α,β-unsaturated/α-hetero) is 1. The van der Waals surface area contributed by atoms with E-state index in [-0.39, 0.29) is 17.6 Å². The molecule has 0 radical (unpaired) electrons. The van der Waals surface area contributed by atoms with Crippen molar-refractivity contribution in [2.45, 2.75) is 12.8 Å². The van der Waals surface area contributed by atoms with E-state index in [1.807, 2.05) is 0 Å². The summed E-state index contributed by atoms with van der Waals surface area (Å²) < 4.78 is 16.1. The van der Waals surface area contributed by atoms with Crippen LogP contribution in [0.5, 0.6) is 5.75 Å². The van der Waals surface area contributed by atoms with E-state index in [1.54, 1.807) is 36.4 Å². The molecule has 0 bridgehead atoms. The molecule has 29 heavy (non-hydrogen) atoms. The number of ketones is 1. The maximum atomic E-state index is 13.1. The van der Waals surface area contributed by atoms with Crippen molar-refractivity contribution in [1.82, 2.24) is 4.98 Å². The topological polar surface area (TPSA) is 90.7 Å². The average Bonchev–Trinajstić information content (AvgIpc) is 3.43. The number of ether oxygens (including phenoxy) is 2. The van der Waals surface area contributed by atoms with Crippen molar-refractivity contribution in [3.05, 3.63) is 53.1 Å². The van der Waals surface area contributed by atoms with Crippen molar-refractivity contribution in [3.8, 4) is 17.2 Å². The van der Waals surface area contributed by atoms with Gasteiger partial charge >= 0.3 is 0 Å². The van der Waals surface area contributed by atoms with Crippen LogP contribution < -0.4 is 10.1 Å². The number of aromatic nitrogens is 1. The van der Waals surface area contributed by atoms with Gasteiger partial charge in [0.05, 0.1) is 18.9 Å². The first-order valence-corrected chi connectivity index (χ1v) is 10.1. The fraction of sp³-hybridized carbons (Fsp3) is 0.286. The van der Waals surface area contributed by atoms with E-state index in [0.29, 0.717) is 58.8 Å². The number of carbonyl (C=O) groups is 2. The summed E-state index contributed by atoms with van der Waals surface area (Å²) in [6.07, 6.45) is 2.89. The largest absolute Gasteiger partial charge is 0.496 e. The highest BCUT2D eigenvalue weighted by Crippen LogP contribution is 2.35. The third kappa shape index (κ3) is 4.08. The highest BCUT2D eigenvalue weighted by molar-refractivity contribution is 7.18. The molecule has 0 saturated carbocycles. The molecule has 1 fully saturated rings. The molecule has 1 aliphatic rings. The molecule has 1 N–H and O–H groups in total. The van der Waals surface area contributed by atoms with Crippen molar-refractivity contribution >= 4 is 28.2 Å². The number of methoxy groups -OCH3 is 1. The molecule has 150 valence electrons. The lowest BCUT2D eigenvalue weighted by Gasteiger charge is -2.20. The van der Waals surface area contributed by atoms with Crippen molar-refractivity contribution in [2.24, 2.45) is 5.92 Å². The van der Waals surface area contributed by atoms with Crippen LogP contribution in [0.3, 0.4) is 0 Å².